The maximum atomic E-state index is 12.7. The molecule has 6 nitrogen and oxygen atoms in total. The predicted molar refractivity (Wildman–Crippen MR) is 87.0 cm³/mol. The van der Waals surface area contributed by atoms with E-state index >= 15 is 0 Å². The van der Waals surface area contributed by atoms with Gasteiger partial charge in [-0.2, -0.15) is 0 Å². The molecule has 1 radical (unpaired) electrons. The lowest BCUT2D eigenvalue weighted by Gasteiger charge is -2.49. The van der Waals surface area contributed by atoms with Gasteiger partial charge in [0.05, 0.1) is 5.41 Å². The van der Waals surface area contributed by atoms with E-state index in [0.717, 1.165) is 5.06 Å². The smallest absolute Gasteiger partial charge is 0.312 e. The van der Waals surface area contributed by atoms with Crippen molar-refractivity contribution < 1.29 is 24.6 Å². The zero-order chi connectivity index (χ0) is 18.9. The number of piperidine rings is 1. The van der Waals surface area contributed by atoms with Crippen molar-refractivity contribution in [3.63, 3.8) is 0 Å². The van der Waals surface area contributed by atoms with Crippen LogP contribution in [0.3, 0.4) is 0 Å². The Morgan fingerprint density at radius 2 is 1.71 bits per heavy atom. The van der Waals surface area contributed by atoms with Crippen LogP contribution < -0.4 is 5.11 Å². The quantitative estimate of drug-likeness (QED) is 0.690. The van der Waals surface area contributed by atoms with E-state index in [1.165, 1.54) is 0 Å². The molecule has 1 rings (SSSR count). The molecule has 1 heterocycles. The number of rotatable bonds is 6. The summed E-state index contributed by atoms with van der Waals surface area (Å²) in [7, 11) is 0. The highest BCUT2D eigenvalue weighted by molar-refractivity contribution is 5.78. The van der Waals surface area contributed by atoms with E-state index in [0.29, 0.717) is 19.3 Å². The molecule has 0 saturated carbocycles. The molecule has 1 aliphatic heterocycles. The van der Waals surface area contributed by atoms with Crippen molar-refractivity contribution in [2.24, 2.45) is 11.3 Å². The molecule has 0 bridgehead atoms. The second-order valence-electron chi connectivity index (χ2n) is 8.69. The number of nitrogens with zero attached hydrogens (tertiary/aromatic N) is 1. The van der Waals surface area contributed by atoms with E-state index in [1.54, 1.807) is 13.8 Å². The molecule has 0 aromatic carbocycles. The van der Waals surface area contributed by atoms with Crippen LogP contribution in [0.15, 0.2) is 0 Å². The fourth-order valence-corrected chi connectivity index (χ4v) is 3.68. The number of hydrogen-bond donors (Lipinski definition) is 0. The van der Waals surface area contributed by atoms with E-state index in [2.05, 4.69) is 0 Å². The van der Waals surface area contributed by atoms with E-state index in [-0.39, 0.29) is 12.5 Å². The SMILES string of the molecule is CCC(C)(CC(C)C(=O)[O-])C(=O)OC1CC(C)(C)N([O])C(C)(C)C1. The van der Waals surface area contributed by atoms with Crippen molar-refractivity contribution in [1.82, 2.24) is 5.06 Å². The van der Waals surface area contributed by atoms with Gasteiger partial charge in [0.25, 0.3) is 0 Å². The zero-order valence-electron chi connectivity index (χ0n) is 16.0. The first kappa shape index (κ1) is 20.9. The summed E-state index contributed by atoms with van der Waals surface area (Å²) in [5.74, 6) is -2.28. The largest absolute Gasteiger partial charge is 0.550 e. The van der Waals surface area contributed by atoms with Gasteiger partial charge in [-0.25, -0.2) is 0 Å². The van der Waals surface area contributed by atoms with Gasteiger partial charge in [-0.05, 0) is 53.4 Å². The van der Waals surface area contributed by atoms with Crippen molar-refractivity contribution in [2.75, 3.05) is 0 Å². The van der Waals surface area contributed by atoms with Crippen LogP contribution >= 0.6 is 0 Å². The van der Waals surface area contributed by atoms with Crippen LogP contribution in [-0.4, -0.2) is 34.2 Å². The maximum Gasteiger partial charge on any atom is 0.312 e. The van der Waals surface area contributed by atoms with Crippen molar-refractivity contribution in [1.29, 1.82) is 0 Å². The lowest BCUT2D eigenvalue weighted by molar-refractivity contribution is -0.311. The van der Waals surface area contributed by atoms with Gasteiger partial charge < -0.3 is 14.6 Å². The molecule has 0 amide bonds. The molecular weight excluding hydrogens is 310 g/mol. The third-order valence-corrected chi connectivity index (χ3v) is 5.26. The first-order valence-corrected chi connectivity index (χ1v) is 8.64. The Balaban J connectivity index is 2.87. The van der Waals surface area contributed by atoms with Crippen LogP contribution in [-0.2, 0) is 19.5 Å². The van der Waals surface area contributed by atoms with Gasteiger partial charge in [-0.1, -0.05) is 13.8 Å². The highest BCUT2D eigenvalue weighted by atomic mass is 16.5. The summed E-state index contributed by atoms with van der Waals surface area (Å²) in [5.41, 5.74) is -2.11. The lowest BCUT2D eigenvalue weighted by Crippen LogP contribution is -2.60. The van der Waals surface area contributed by atoms with Crippen LogP contribution in [0.5, 0.6) is 0 Å². The second-order valence-corrected chi connectivity index (χ2v) is 8.69. The molecule has 0 aromatic heterocycles. The van der Waals surface area contributed by atoms with Gasteiger partial charge in [-0.3, -0.25) is 4.79 Å². The molecule has 0 spiro atoms. The van der Waals surface area contributed by atoms with Gasteiger partial charge >= 0.3 is 5.97 Å². The Morgan fingerprint density at radius 1 is 1.25 bits per heavy atom. The molecule has 139 valence electrons. The van der Waals surface area contributed by atoms with Crippen LogP contribution in [0.1, 0.15) is 74.1 Å². The normalized spacial score (nSPS) is 24.8. The fraction of sp³-hybridized carbons (Fsp3) is 0.889. The fourth-order valence-electron chi connectivity index (χ4n) is 3.68. The Hall–Kier alpha value is -1.14. The molecule has 24 heavy (non-hydrogen) atoms. The van der Waals surface area contributed by atoms with E-state index in [1.807, 2.05) is 34.6 Å². The zero-order valence-corrected chi connectivity index (χ0v) is 16.0. The maximum absolute atomic E-state index is 12.7. The predicted octanol–water partition coefficient (Wildman–Crippen LogP) is 2.09. The first-order valence-electron chi connectivity index (χ1n) is 8.64. The molecule has 1 aliphatic rings. The standard InChI is InChI=1S/C18H32NO5/c1-8-18(7,9-12(2)14(20)21)15(22)24-13-10-16(3,4)19(23)17(5,6)11-13/h12-13H,8-11H2,1-7H3,(H,20,21)/p-1. The summed E-state index contributed by atoms with van der Waals surface area (Å²) >= 11 is 0. The number of aliphatic carboxylic acids is 1. The van der Waals surface area contributed by atoms with E-state index < -0.39 is 34.3 Å². The Labute approximate surface area is 145 Å². The number of carboxylic acid groups (broad SMARTS) is 1. The number of hydrogen-bond acceptors (Lipinski definition) is 5. The minimum absolute atomic E-state index is 0.178. The molecule has 1 fully saturated rings. The summed E-state index contributed by atoms with van der Waals surface area (Å²) in [5, 5.41) is 24.5. The second kappa shape index (κ2) is 7.00. The van der Waals surface area contributed by atoms with Gasteiger partial charge in [0.1, 0.15) is 6.10 Å². The molecule has 0 aliphatic carbocycles. The third kappa shape index (κ3) is 4.48. The Kier molecular flexibility index (Phi) is 6.10. The minimum atomic E-state index is -1.16. The van der Waals surface area contributed by atoms with Crippen LogP contribution in [0.4, 0.5) is 0 Å². The van der Waals surface area contributed by atoms with Crippen molar-refractivity contribution in [3.8, 4) is 0 Å². The summed E-state index contributed by atoms with van der Waals surface area (Å²) in [6, 6.07) is 0. The van der Waals surface area contributed by atoms with E-state index in [4.69, 9.17) is 4.74 Å². The first-order chi connectivity index (χ1) is 10.7. The van der Waals surface area contributed by atoms with Crippen molar-refractivity contribution in [2.45, 2.75) is 91.3 Å². The topological polar surface area (TPSA) is 89.6 Å². The van der Waals surface area contributed by atoms with Crippen LogP contribution in [0, 0.1) is 11.3 Å². The molecule has 1 saturated heterocycles. The summed E-state index contributed by atoms with van der Waals surface area (Å²) in [6.07, 6.45) is 1.23. The third-order valence-electron chi connectivity index (χ3n) is 5.26. The van der Waals surface area contributed by atoms with Crippen LogP contribution in [0.2, 0.25) is 0 Å². The molecule has 2 unspecified atom stereocenters. The molecule has 2 atom stereocenters. The molecule has 0 aromatic rings. The number of esters is 1. The number of carbonyl (C=O) groups is 2. The number of ether oxygens (including phenoxy) is 1. The monoisotopic (exact) mass is 341 g/mol. The summed E-state index contributed by atoms with van der Waals surface area (Å²) in [6.45, 7) is 12.5. The average molecular weight is 341 g/mol. The number of carboxylic acids is 1. The average Bonchev–Trinajstić information content (AvgIpc) is 2.43. The van der Waals surface area contributed by atoms with Gasteiger partial charge in [0, 0.05) is 29.9 Å². The van der Waals surface area contributed by atoms with Crippen molar-refractivity contribution in [3.05, 3.63) is 0 Å². The minimum Gasteiger partial charge on any atom is -0.550 e. The highest BCUT2D eigenvalue weighted by Gasteiger charge is 2.48. The Bertz CT molecular complexity index is 470. The van der Waals surface area contributed by atoms with Gasteiger partial charge in [0.2, 0.25) is 0 Å². The Morgan fingerprint density at radius 3 is 2.08 bits per heavy atom. The summed E-state index contributed by atoms with van der Waals surface area (Å²) < 4.78 is 5.73. The number of carbonyl (C=O) groups excluding carboxylic acids is 2. The molecule has 0 N–H and O–H groups in total. The highest BCUT2D eigenvalue weighted by Crippen LogP contribution is 2.40. The van der Waals surface area contributed by atoms with Gasteiger partial charge in [0.15, 0.2) is 0 Å². The van der Waals surface area contributed by atoms with Crippen molar-refractivity contribution >= 4 is 11.9 Å². The molecule has 6 heteroatoms. The van der Waals surface area contributed by atoms with Gasteiger partial charge in [-0.15, -0.1) is 10.3 Å². The van der Waals surface area contributed by atoms with Crippen LogP contribution in [0.25, 0.3) is 0 Å². The lowest BCUT2D eigenvalue weighted by atomic mass is 9.78. The summed E-state index contributed by atoms with van der Waals surface area (Å²) in [4.78, 5) is 23.7. The van der Waals surface area contributed by atoms with E-state index in [9.17, 15) is 19.9 Å². The molecular formula is C18H31NO5-. The number of hydroxylamine groups is 2.